The van der Waals surface area contributed by atoms with Crippen LogP contribution >= 0.6 is 0 Å². The molecule has 3 aliphatic rings. The van der Waals surface area contributed by atoms with Crippen LogP contribution in [-0.2, 0) is 0 Å². The van der Waals surface area contributed by atoms with Crippen LogP contribution in [-0.4, -0.2) is 0 Å². The summed E-state index contributed by atoms with van der Waals surface area (Å²) < 4.78 is 0. The maximum Gasteiger partial charge on any atom is 0.000581 e. The molecule has 2 unspecified atom stereocenters. The van der Waals surface area contributed by atoms with Gasteiger partial charge in [-0.25, -0.2) is 0 Å². The second-order valence-corrected chi connectivity index (χ2v) is 4.77. The van der Waals surface area contributed by atoms with Gasteiger partial charge in [0.25, 0.3) is 0 Å². The first-order valence-electron chi connectivity index (χ1n) is 4.91. The summed E-state index contributed by atoms with van der Waals surface area (Å²) in [5.74, 6) is 0. The van der Waals surface area contributed by atoms with E-state index in [1.54, 1.807) is 11.1 Å². The van der Waals surface area contributed by atoms with Crippen LogP contribution in [0.3, 0.4) is 0 Å². The number of hydrogen-bond acceptors (Lipinski definition) is 0. The van der Waals surface area contributed by atoms with Gasteiger partial charge in [0.2, 0.25) is 0 Å². The Balaban J connectivity index is 2.18. The quantitative estimate of drug-likeness (QED) is 0.462. The van der Waals surface area contributed by atoms with Gasteiger partial charge in [-0.2, -0.15) is 0 Å². The predicted molar refractivity (Wildman–Crippen MR) is 46.3 cm³/mol. The SMILES string of the molecule is CC1=C(C)C23CCCC12CC3. The van der Waals surface area contributed by atoms with Crippen molar-refractivity contribution in [1.82, 2.24) is 0 Å². The molecule has 0 heteroatoms. The van der Waals surface area contributed by atoms with E-state index in [1.165, 1.54) is 32.1 Å². The zero-order valence-electron chi connectivity index (χ0n) is 7.54. The van der Waals surface area contributed by atoms with Crippen molar-refractivity contribution in [3.8, 4) is 0 Å². The molecule has 0 N–H and O–H groups in total. The average molecular weight is 148 g/mol. The van der Waals surface area contributed by atoms with Crippen LogP contribution in [0.4, 0.5) is 0 Å². The lowest BCUT2D eigenvalue weighted by molar-refractivity contribution is -0.0249. The lowest BCUT2D eigenvalue weighted by Gasteiger charge is -2.66. The summed E-state index contributed by atoms with van der Waals surface area (Å²) in [6, 6.07) is 0. The van der Waals surface area contributed by atoms with E-state index in [0.29, 0.717) is 0 Å². The first-order chi connectivity index (χ1) is 5.23. The van der Waals surface area contributed by atoms with E-state index >= 15 is 0 Å². The maximum absolute atomic E-state index is 2.37. The van der Waals surface area contributed by atoms with Gasteiger partial charge in [-0.3, -0.25) is 0 Å². The van der Waals surface area contributed by atoms with Gasteiger partial charge >= 0.3 is 0 Å². The van der Waals surface area contributed by atoms with E-state index in [-0.39, 0.29) is 0 Å². The van der Waals surface area contributed by atoms with E-state index in [9.17, 15) is 0 Å². The second kappa shape index (κ2) is 1.44. The van der Waals surface area contributed by atoms with Crippen molar-refractivity contribution in [2.24, 2.45) is 10.8 Å². The van der Waals surface area contributed by atoms with Crippen LogP contribution in [0.25, 0.3) is 0 Å². The lowest BCUT2D eigenvalue weighted by atomic mass is 9.38. The van der Waals surface area contributed by atoms with Crippen LogP contribution in [0, 0.1) is 10.8 Å². The van der Waals surface area contributed by atoms with Gasteiger partial charge in [0.05, 0.1) is 0 Å². The number of hydrogen-bond donors (Lipinski definition) is 0. The summed E-state index contributed by atoms with van der Waals surface area (Å²) >= 11 is 0. The third-order valence-electron chi connectivity index (χ3n) is 5.10. The van der Waals surface area contributed by atoms with E-state index in [2.05, 4.69) is 13.8 Å². The molecule has 0 aromatic rings. The zero-order valence-corrected chi connectivity index (χ0v) is 7.54. The minimum absolute atomic E-state index is 0.761. The Labute approximate surface area is 68.7 Å². The van der Waals surface area contributed by atoms with Crippen molar-refractivity contribution >= 4 is 0 Å². The third kappa shape index (κ3) is 0.369. The summed E-state index contributed by atoms with van der Waals surface area (Å²) in [5.41, 5.74) is 5.05. The van der Waals surface area contributed by atoms with Gasteiger partial charge < -0.3 is 0 Å². The largest absolute Gasteiger partial charge is 0.0667 e. The summed E-state index contributed by atoms with van der Waals surface area (Å²) in [4.78, 5) is 0. The Morgan fingerprint density at radius 1 is 0.818 bits per heavy atom. The highest BCUT2D eigenvalue weighted by Gasteiger charge is 2.69. The van der Waals surface area contributed by atoms with Gasteiger partial charge in [-0.1, -0.05) is 17.6 Å². The van der Waals surface area contributed by atoms with E-state index in [4.69, 9.17) is 0 Å². The van der Waals surface area contributed by atoms with Crippen LogP contribution in [0.1, 0.15) is 46.0 Å². The van der Waals surface area contributed by atoms with Crippen molar-refractivity contribution < 1.29 is 0 Å². The molecule has 2 saturated carbocycles. The third-order valence-corrected chi connectivity index (χ3v) is 5.10. The molecule has 0 radical (unpaired) electrons. The van der Waals surface area contributed by atoms with Gasteiger partial charge in [0.15, 0.2) is 0 Å². The molecule has 0 heterocycles. The normalized spacial score (nSPS) is 52.9. The summed E-state index contributed by atoms with van der Waals surface area (Å²) in [6.45, 7) is 4.75. The summed E-state index contributed by atoms with van der Waals surface area (Å²) in [5, 5.41) is 0. The van der Waals surface area contributed by atoms with Gasteiger partial charge in [0.1, 0.15) is 0 Å². The minimum Gasteiger partial charge on any atom is -0.0667 e. The monoisotopic (exact) mass is 148 g/mol. The molecule has 0 aromatic carbocycles. The lowest BCUT2D eigenvalue weighted by Crippen LogP contribution is -2.56. The smallest absolute Gasteiger partial charge is 0.000581 e. The molecule has 0 aromatic heterocycles. The molecule has 3 aliphatic carbocycles. The molecule has 0 saturated heterocycles. The molecular formula is C11H16. The zero-order chi connectivity index (χ0) is 7.69. The van der Waals surface area contributed by atoms with Crippen molar-refractivity contribution in [1.29, 1.82) is 0 Å². The maximum atomic E-state index is 2.37. The average Bonchev–Trinajstić information content (AvgIpc) is 2.15. The fraction of sp³-hybridized carbons (Fsp3) is 0.818. The summed E-state index contributed by atoms with van der Waals surface area (Å²) in [6.07, 6.45) is 7.54. The van der Waals surface area contributed by atoms with Crippen LogP contribution < -0.4 is 0 Å². The Morgan fingerprint density at radius 2 is 1.27 bits per heavy atom. The molecule has 2 fully saturated rings. The summed E-state index contributed by atoms with van der Waals surface area (Å²) in [7, 11) is 0. The van der Waals surface area contributed by atoms with Crippen LogP contribution in [0.2, 0.25) is 0 Å². The number of allylic oxidation sites excluding steroid dienone is 2. The van der Waals surface area contributed by atoms with Gasteiger partial charge in [-0.05, 0) is 39.5 Å². The predicted octanol–water partition coefficient (Wildman–Crippen LogP) is 3.29. The molecule has 11 heavy (non-hydrogen) atoms. The molecule has 2 atom stereocenters. The van der Waals surface area contributed by atoms with E-state index in [1.807, 2.05) is 0 Å². The fourth-order valence-corrected chi connectivity index (χ4v) is 4.27. The highest BCUT2D eigenvalue weighted by atomic mass is 14.7. The molecule has 0 nitrogen and oxygen atoms in total. The topological polar surface area (TPSA) is 0 Å². The van der Waals surface area contributed by atoms with E-state index < -0.39 is 0 Å². The molecule has 60 valence electrons. The Morgan fingerprint density at radius 3 is 1.64 bits per heavy atom. The van der Waals surface area contributed by atoms with E-state index in [0.717, 1.165) is 10.8 Å². The van der Waals surface area contributed by atoms with Crippen molar-refractivity contribution in [3.05, 3.63) is 11.1 Å². The van der Waals surface area contributed by atoms with Crippen molar-refractivity contribution in [2.45, 2.75) is 46.0 Å². The standard InChI is InChI=1S/C11H16/c1-8-9(2)11-5-3-4-10(8,11)6-7-11/h3-7H2,1-2H3. The van der Waals surface area contributed by atoms with Crippen molar-refractivity contribution in [2.75, 3.05) is 0 Å². The molecular weight excluding hydrogens is 132 g/mol. The highest BCUT2D eigenvalue weighted by Crippen LogP contribution is 2.79. The van der Waals surface area contributed by atoms with Crippen LogP contribution in [0.5, 0.6) is 0 Å². The Bertz CT molecular complexity index is 235. The minimum atomic E-state index is 0.761. The number of rotatable bonds is 0. The first kappa shape index (κ1) is 6.28. The van der Waals surface area contributed by atoms with Crippen LogP contribution in [0.15, 0.2) is 11.1 Å². The molecule has 0 aliphatic heterocycles. The molecule has 0 spiro atoms. The molecule has 3 rings (SSSR count). The van der Waals surface area contributed by atoms with Crippen molar-refractivity contribution in [3.63, 3.8) is 0 Å². The Kier molecular flexibility index (Phi) is 0.821. The molecule has 0 amide bonds. The fourth-order valence-electron chi connectivity index (χ4n) is 4.27. The Hall–Kier alpha value is -0.260. The first-order valence-corrected chi connectivity index (χ1v) is 4.91. The molecule has 0 bridgehead atoms. The highest BCUT2D eigenvalue weighted by molar-refractivity contribution is 5.48. The van der Waals surface area contributed by atoms with Gasteiger partial charge in [-0.15, -0.1) is 0 Å². The van der Waals surface area contributed by atoms with Gasteiger partial charge in [0, 0.05) is 10.8 Å². The second-order valence-electron chi connectivity index (χ2n) is 4.77.